The number of amidine groups is 1. The number of rotatable bonds is 3. The first-order valence-corrected chi connectivity index (χ1v) is 9.35. The van der Waals surface area contributed by atoms with E-state index in [9.17, 15) is 9.59 Å². The third-order valence-corrected chi connectivity index (χ3v) is 4.21. The maximum atomic E-state index is 9.55. The van der Waals surface area contributed by atoms with Crippen molar-refractivity contribution in [1.82, 2.24) is 9.80 Å². The average Bonchev–Trinajstić information content (AvgIpc) is 3.12. The minimum Gasteiger partial charge on any atom is -0.478 e. The lowest BCUT2D eigenvalue weighted by Gasteiger charge is -2.28. The molecule has 0 unspecified atom stereocenters. The molecule has 3 rings (SSSR count). The summed E-state index contributed by atoms with van der Waals surface area (Å²) < 4.78 is 5.44. The Morgan fingerprint density at radius 3 is 2.17 bits per heavy atom. The van der Waals surface area contributed by atoms with Crippen LogP contribution < -0.4 is 0 Å². The van der Waals surface area contributed by atoms with Crippen LogP contribution in [0.3, 0.4) is 0 Å². The summed E-state index contributed by atoms with van der Waals surface area (Å²) >= 11 is 0. The van der Waals surface area contributed by atoms with Crippen molar-refractivity contribution in [3.05, 3.63) is 42.5 Å². The van der Waals surface area contributed by atoms with Crippen LogP contribution in [0, 0.1) is 0 Å². The van der Waals surface area contributed by atoms with Crippen molar-refractivity contribution in [2.24, 2.45) is 9.98 Å². The molecule has 0 radical (unpaired) electrons. The van der Waals surface area contributed by atoms with Crippen LogP contribution in [-0.2, 0) is 14.3 Å². The number of ether oxygens (including phenoxy) is 1. The van der Waals surface area contributed by atoms with Crippen LogP contribution in [0.25, 0.3) is 0 Å². The molecule has 1 aromatic carbocycles. The number of guanidine groups is 1. The summed E-state index contributed by atoms with van der Waals surface area (Å²) in [5.74, 6) is -0.566. The van der Waals surface area contributed by atoms with E-state index in [0.29, 0.717) is 12.2 Å². The van der Waals surface area contributed by atoms with Crippen LogP contribution in [0.2, 0.25) is 0 Å². The Morgan fingerprint density at radius 1 is 1.03 bits per heavy atom. The first-order valence-electron chi connectivity index (χ1n) is 9.35. The largest absolute Gasteiger partial charge is 0.478 e. The van der Waals surface area contributed by atoms with Gasteiger partial charge in [-0.3, -0.25) is 0 Å². The van der Waals surface area contributed by atoms with Crippen LogP contribution in [0.5, 0.6) is 0 Å². The van der Waals surface area contributed by atoms with Gasteiger partial charge < -0.3 is 24.7 Å². The number of benzene rings is 1. The first kappa shape index (κ1) is 22.1. The molecule has 0 aliphatic carbocycles. The lowest BCUT2D eigenvalue weighted by Crippen LogP contribution is -2.40. The van der Waals surface area contributed by atoms with Crippen LogP contribution in [0.15, 0.2) is 52.5 Å². The van der Waals surface area contributed by atoms with Crippen LogP contribution in [-0.4, -0.2) is 83.6 Å². The number of likely N-dealkylation sites (tertiary alicyclic amines) is 1. The van der Waals surface area contributed by atoms with Gasteiger partial charge in [-0.1, -0.05) is 18.2 Å². The summed E-state index contributed by atoms with van der Waals surface area (Å²) in [5, 5.41) is 15.6. The van der Waals surface area contributed by atoms with Crippen molar-refractivity contribution in [3.63, 3.8) is 0 Å². The van der Waals surface area contributed by atoms with Crippen molar-refractivity contribution in [2.75, 3.05) is 39.9 Å². The van der Waals surface area contributed by atoms with Crippen molar-refractivity contribution >= 4 is 29.4 Å². The zero-order chi connectivity index (χ0) is 21.1. The highest BCUT2D eigenvalue weighted by molar-refractivity contribution is 5.97. The molecule has 29 heavy (non-hydrogen) atoms. The van der Waals surface area contributed by atoms with E-state index in [4.69, 9.17) is 24.9 Å². The molecule has 0 aromatic heterocycles. The van der Waals surface area contributed by atoms with E-state index in [1.165, 1.54) is 6.42 Å². The molecule has 0 saturated carbocycles. The molecule has 9 heteroatoms. The quantitative estimate of drug-likeness (QED) is 0.450. The zero-order valence-corrected chi connectivity index (χ0v) is 16.4. The number of aliphatic imine (C=N–C) groups is 2. The molecule has 2 heterocycles. The summed E-state index contributed by atoms with van der Waals surface area (Å²) in [6, 6.07) is 10.0. The van der Waals surface area contributed by atoms with E-state index >= 15 is 0 Å². The third-order valence-electron chi connectivity index (χ3n) is 4.21. The lowest BCUT2D eigenvalue weighted by atomic mass is 10.3. The molecule has 2 N–H and O–H groups in total. The normalized spacial score (nSPS) is 18.7. The average molecular weight is 402 g/mol. The van der Waals surface area contributed by atoms with Gasteiger partial charge in [0.25, 0.3) is 0 Å². The second-order valence-electron chi connectivity index (χ2n) is 6.41. The molecule has 156 valence electrons. The maximum absolute atomic E-state index is 9.55. The van der Waals surface area contributed by atoms with E-state index in [1.807, 2.05) is 30.3 Å². The van der Waals surface area contributed by atoms with Gasteiger partial charge in [-0.25, -0.2) is 14.6 Å². The van der Waals surface area contributed by atoms with Gasteiger partial charge in [0.15, 0.2) is 0 Å². The van der Waals surface area contributed by atoms with Crippen molar-refractivity contribution in [2.45, 2.75) is 12.8 Å². The molecule has 9 nitrogen and oxygen atoms in total. The predicted octanol–water partition coefficient (Wildman–Crippen LogP) is 1.84. The summed E-state index contributed by atoms with van der Waals surface area (Å²) in [7, 11) is 2.10. The van der Waals surface area contributed by atoms with Gasteiger partial charge in [0.2, 0.25) is 5.96 Å². The molecule has 0 atom stereocenters. The Morgan fingerprint density at radius 2 is 1.66 bits per heavy atom. The summed E-state index contributed by atoms with van der Waals surface area (Å²) in [6.45, 7) is 4.28. The smallest absolute Gasteiger partial charge is 0.328 e. The van der Waals surface area contributed by atoms with E-state index in [2.05, 4.69) is 16.8 Å². The van der Waals surface area contributed by atoms with Gasteiger partial charge in [-0.15, -0.1) is 0 Å². The fourth-order valence-corrected chi connectivity index (χ4v) is 2.74. The number of carbonyl (C=O) groups is 2. The fraction of sp³-hybridized carbons (Fsp3) is 0.400. The van der Waals surface area contributed by atoms with Crippen LogP contribution in [0.1, 0.15) is 12.8 Å². The number of carboxylic acid groups (broad SMARTS) is 2. The van der Waals surface area contributed by atoms with Gasteiger partial charge in [0.05, 0.1) is 18.9 Å². The fourth-order valence-electron chi connectivity index (χ4n) is 2.74. The molecule has 0 bridgehead atoms. The van der Waals surface area contributed by atoms with Gasteiger partial charge in [-0.05, 0) is 18.6 Å². The van der Waals surface area contributed by atoms with Crippen LogP contribution >= 0.6 is 0 Å². The van der Waals surface area contributed by atoms with Gasteiger partial charge in [0, 0.05) is 45.3 Å². The second kappa shape index (κ2) is 11.6. The number of hydrogen-bond donors (Lipinski definition) is 2. The standard InChI is InChI=1S/C16H22N4O.C4H4O4/c1-19-9-5-8-15(19)18-16(20-10-12-21-13-11-20)17-14-6-3-2-4-7-14;5-3(6)1-2-4(7)8/h2-4,6-7H,5,8-13H2,1H3;1-2H,(H,5,6)(H,7,8)/b;2-1+. The highest BCUT2D eigenvalue weighted by Gasteiger charge is 2.19. The Kier molecular flexibility index (Phi) is 8.84. The third kappa shape index (κ3) is 8.14. The molecule has 2 aliphatic heterocycles. The molecule has 1 aromatic rings. The number of para-hydroxylation sites is 1. The summed E-state index contributed by atoms with van der Waals surface area (Å²) in [4.78, 5) is 33.1. The number of morpholine rings is 1. The molecule has 2 fully saturated rings. The Labute approximate surface area is 169 Å². The first-order chi connectivity index (χ1) is 14.0. The van der Waals surface area contributed by atoms with Crippen molar-refractivity contribution in [3.8, 4) is 0 Å². The van der Waals surface area contributed by atoms with E-state index in [1.54, 1.807) is 0 Å². The van der Waals surface area contributed by atoms with Gasteiger partial charge in [-0.2, -0.15) is 4.99 Å². The van der Waals surface area contributed by atoms with Crippen molar-refractivity contribution in [1.29, 1.82) is 0 Å². The molecule has 2 saturated heterocycles. The second-order valence-corrected chi connectivity index (χ2v) is 6.41. The number of hydrogen-bond acceptors (Lipinski definition) is 4. The topological polar surface area (TPSA) is 115 Å². The highest BCUT2D eigenvalue weighted by Crippen LogP contribution is 2.15. The Bertz CT molecular complexity index is 754. The van der Waals surface area contributed by atoms with E-state index in [-0.39, 0.29) is 0 Å². The Hall–Kier alpha value is -3.20. The number of aliphatic carboxylic acids is 2. The Balaban J connectivity index is 0.000000321. The summed E-state index contributed by atoms with van der Waals surface area (Å²) in [6.07, 6.45) is 3.33. The van der Waals surface area contributed by atoms with Crippen LogP contribution in [0.4, 0.5) is 5.69 Å². The minimum atomic E-state index is -1.26. The molecule has 2 aliphatic rings. The maximum Gasteiger partial charge on any atom is 0.328 e. The SMILES string of the molecule is CN1CCCC1=NC(=Nc1ccccc1)N1CCOCC1.O=C(O)/C=C/C(=O)O. The lowest BCUT2D eigenvalue weighted by molar-refractivity contribution is -0.134. The summed E-state index contributed by atoms with van der Waals surface area (Å²) in [5.41, 5.74) is 0.948. The monoisotopic (exact) mass is 402 g/mol. The van der Waals surface area contributed by atoms with E-state index in [0.717, 1.165) is 56.8 Å². The molecule has 0 spiro atoms. The predicted molar refractivity (Wildman–Crippen MR) is 110 cm³/mol. The van der Waals surface area contributed by atoms with Crippen molar-refractivity contribution < 1.29 is 24.5 Å². The molecule has 0 amide bonds. The molecular formula is C20H26N4O5. The highest BCUT2D eigenvalue weighted by atomic mass is 16.5. The molecular weight excluding hydrogens is 376 g/mol. The zero-order valence-electron chi connectivity index (χ0n) is 16.4. The minimum absolute atomic E-state index is 0.558. The van der Waals surface area contributed by atoms with Gasteiger partial charge in [0.1, 0.15) is 5.84 Å². The van der Waals surface area contributed by atoms with Gasteiger partial charge >= 0.3 is 11.9 Å². The number of nitrogens with zero attached hydrogens (tertiary/aromatic N) is 4. The van der Waals surface area contributed by atoms with E-state index < -0.39 is 11.9 Å². The number of carboxylic acids is 2.